The van der Waals surface area contributed by atoms with E-state index in [1.54, 1.807) is 11.3 Å². The molecule has 0 spiro atoms. The van der Waals surface area contributed by atoms with Crippen LogP contribution in [0.15, 0.2) is 35.7 Å². The van der Waals surface area contributed by atoms with E-state index in [-0.39, 0.29) is 0 Å². The van der Waals surface area contributed by atoms with Gasteiger partial charge in [-0.2, -0.15) is 0 Å². The summed E-state index contributed by atoms with van der Waals surface area (Å²) < 4.78 is 5.59. The summed E-state index contributed by atoms with van der Waals surface area (Å²) in [6.45, 7) is 3.61. The number of para-hydroxylation sites is 1. The van der Waals surface area contributed by atoms with Crippen molar-refractivity contribution in [3.8, 4) is 5.75 Å². The maximum atomic E-state index is 5.59. The van der Waals surface area contributed by atoms with E-state index >= 15 is 0 Å². The average Bonchev–Trinajstić information content (AvgIpc) is 2.76. The zero-order valence-electron chi connectivity index (χ0n) is 9.85. The van der Waals surface area contributed by atoms with E-state index in [9.17, 15) is 0 Å². The molecule has 4 heteroatoms. The second kappa shape index (κ2) is 6.25. The molecule has 1 N–H and O–H groups in total. The van der Waals surface area contributed by atoms with E-state index in [1.807, 2.05) is 42.6 Å². The van der Waals surface area contributed by atoms with E-state index < -0.39 is 0 Å². The van der Waals surface area contributed by atoms with Crippen molar-refractivity contribution in [1.82, 2.24) is 4.98 Å². The van der Waals surface area contributed by atoms with E-state index in [4.69, 9.17) is 4.74 Å². The minimum atomic E-state index is 0.724. The molecule has 2 aromatic rings. The van der Waals surface area contributed by atoms with E-state index in [0.29, 0.717) is 0 Å². The molecule has 0 unspecified atom stereocenters. The van der Waals surface area contributed by atoms with Crippen molar-refractivity contribution in [2.24, 2.45) is 0 Å². The van der Waals surface area contributed by atoms with Crippen LogP contribution in [0.5, 0.6) is 5.75 Å². The van der Waals surface area contributed by atoms with Crippen LogP contribution in [0.4, 0.5) is 5.13 Å². The van der Waals surface area contributed by atoms with Crippen LogP contribution in [0.3, 0.4) is 0 Å². The topological polar surface area (TPSA) is 34.1 Å². The SMILES string of the molecule is Cc1csc(NCCCOc2ccccc2)n1. The predicted octanol–water partition coefficient (Wildman–Crippen LogP) is 3.33. The molecule has 17 heavy (non-hydrogen) atoms. The van der Waals surface area contributed by atoms with Gasteiger partial charge in [-0.15, -0.1) is 11.3 Å². The number of hydrogen-bond donors (Lipinski definition) is 1. The van der Waals surface area contributed by atoms with Gasteiger partial charge in [0.15, 0.2) is 5.13 Å². The van der Waals surface area contributed by atoms with Crippen LogP contribution in [0.2, 0.25) is 0 Å². The molecular weight excluding hydrogens is 232 g/mol. The van der Waals surface area contributed by atoms with Gasteiger partial charge in [-0.3, -0.25) is 0 Å². The Bertz CT molecular complexity index is 442. The summed E-state index contributed by atoms with van der Waals surface area (Å²) in [7, 11) is 0. The van der Waals surface area contributed by atoms with Crippen molar-refractivity contribution in [2.45, 2.75) is 13.3 Å². The lowest BCUT2D eigenvalue weighted by molar-refractivity contribution is 0.315. The van der Waals surface area contributed by atoms with Gasteiger partial charge in [-0.1, -0.05) is 18.2 Å². The summed E-state index contributed by atoms with van der Waals surface area (Å²) in [6, 6.07) is 9.88. The standard InChI is InChI=1S/C13H16N2OS/c1-11-10-17-13(15-11)14-8-5-9-16-12-6-3-2-4-7-12/h2-4,6-7,10H,5,8-9H2,1H3,(H,14,15). The molecule has 0 aliphatic rings. The molecule has 0 bridgehead atoms. The number of thiazole rings is 1. The van der Waals surface area contributed by atoms with E-state index in [2.05, 4.69) is 10.3 Å². The van der Waals surface area contributed by atoms with Gasteiger partial charge in [0.05, 0.1) is 12.3 Å². The highest BCUT2D eigenvalue weighted by atomic mass is 32.1. The van der Waals surface area contributed by atoms with Gasteiger partial charge in [0.2, 0.25) is 0 Å². The summed E-state index contributed by atoms with van der Waals surface area (Å²) in [6.07, 6.45) is 0.966. The fourth-order valence-electron chi connectivity index (χ4n) is 1.41. The third-order valence-corrected chi connectivity index (χ3v) is 3.15. The quantitative estimate of drug-likeness (QED) is 0.796. The zero-order valence-corrected chi connectivity index (χ0v) is 10.7. The maximum absolute atomic E-state index is 5.59. The van der Waals surface area contributed by atoms with Crippen LogP contribution < -0.4 is 10.1 Å². The zero-order chi connectivity index (χ0) is 11.9. The molecule has 1 aromatic carbocycles. The summed E-state index contributed by atoms with van der Waals surface area (Å²) in [5.74, 6) is 0.928. The van der Waals surface area contributed by atoms with Crippen LogP contribution in [0.25, 0.3) is 0 Å². The van der Waals surface area contributed by atoms with Crippen molar-refractivity contribution in [2.75, 3.05) is 18.5 Å². The Labute approximate surface area is 105 Å². The third-order valence-electron chi connectivity index (χ3n) is 2.23. The molecule has 0 saturated heterocycles. The number of aromatic nitrogens is 1. The van der Waals surface area contributed by atoms with Crippen LogP contribution in [-0.4, -0.2) is 18.1 Å². The van der Waals surface area contributed by atoms with Gasteiger partial charge < -0.3 is 10.1 Å². The first-order chi connectivity index (χ1) is 8.34. The Morgan fingerprint density at radius 3 is 2.82 bits per heavy atom. The van der Waals surface area contributed by atoms with Crippen LogP contribution in [0.1, 0.15) is 12.1 Å². The van der Waals surface area contributed by atoms with Gasteiger partial charge in [0.25, 0.3) is 0 Å². The normalized spacial score (nSPS) is 10.2. The molecule has 0 atom stereocenters. The number of nitrogens with one attached hydrogen (secondary N) is 1. The van der Waals surface area contributed by atoms with Crippen LogP contribution in [-0.2, 0) is 0 Å². The number of ether oxygens (including phenoxy) is 1. The Hall–Kier alpha value is -1.55. The molecule has 0 radical (unpaired) electrons. The van der Waals surface area contributed by atoms with Crippen LogP contribution in [0, 0.1) is 6.92 Å². The van der Waals surface area contributed by atoms with Crippen molar-refractivity contribution >= 4 is 16.5 Å². The summed E-state index contributed by atoms with van der Waals surface area (Å²) >= 11 is 1.64. The summed E-state index contributed by atoms with van der Waals surface area (Å²) in [4.78, 5) is 4.33. The largest absolute Gasteiger partial charge is 0.494 e. The molecule has 1 aromatic heterocycles. The lowest BCUT2D eigenvalue weighted by Crippen LogP contribution is -2.07. The highest BCUT2D eigenvalue weighted by Gasteiger charge is 1.97. The average molecular weight is 248 g/mol. The van der Waals surface area contributed by atoms with Gasteiger partial charge >= 0.3 is 0 Å². The minimum Gasteiger partial charge on any atom is -0.494 e. The van der Waals surface area contributed by atoms with Crippen molar-refractivity contribution in [1.29, 1.82) is 0 Å². The molecule has 0 aliphatic heterocycles. The molecule has 1 heterocycles. The molecular formula is C13H16N2OS. The first-order valence-corrected chi connectivity index (χ1v) is 6.56. The number of benzene rings is 1. The number of anilines is 1. The molecule has 0 saturated carbocycles. The number of aryl methyl sites for hydroxylation is 1. The van der Waals surface area contributed by atoms with Gasteiger partial charge in [0, 0.05) is 11.9 Å². The molecule has 90 valence electrons. The van der Waals surface area contributed by atoms with Crippen molar-refractivity contribution in [3.05, 3.63) is 41.4 Å². The van der Waals surface area contributed by atoms with E-state index in [1.165, 1.54) is 0 Å². The molecule has 0 aliphatic carbocycles. The summed E-state index contributed by atoms with van der Waals surface area (Å²) in [5, 5.41) is 6.31. The monoisotopic (exact) mass is 248 g/mol. The Morgan fingerprint density at radius 1 is 1.29 bits per heavy atom. The Morgan fingerprint density at radius 2 is 2.12 bits per heavy atom. The fraction of sp³-hybridized carbons (Fsp3) is 0.308. The van der Waals surface area contributed by atoms with E-state index in [0.717, 1.165) is 36.1 Å². The molecule has 0 amide bonds. The lowest BCUT2D eigenvalue weighted by atomic mass is 10.3. The van der Waals surface area contributed by atoms with Gasteiger partial charge in [-0.05, 0) is 25.5 Å². The maximum Gasteiger partial charge on any atom is 0.182 e. The second-order valence-corrected chi connectivity index (χ2v) is 4.59. The predicted molar refractivity (Wildman–Crippen MR) is 71.9 cm³/mol. The highest BCUT2D eigenvalue weighted by Crippen LogP contribution is 2.14. The van der Waals surface area contributed by atoms with Crippen LogP contribution >= 0.6 is 11.3 Å². The summed E-state index contributed by atoms with van der Waals surface area (Å²) in [5.41, 5.74) is 1.07. The first-order valence-electron chi connectivity index (χ1n) is 5.68. The fourth-order valence-corrected chi connectivity index (χ4v) is 2.13. The minimum absolute atomic E-state index is 0.724. The number of rotatable bonds is 6. The number of hydrogen-bond acceptors (Lipinski definition) is 4. The van der Waals surface area contributed by atoms with Crippen molar-refractivity contribution < 1.29 is 4.74 Å². The second-order valence-electron chi connectivity index (χ2n) is 3.74. The molecule has 2 rings (SSSR count). The Kier molecular flexibility index (Phi) is 4.38. The Balaban J connectivity index is 1.61. The first kappa shape index (κ1) is 11.9. The smallest absolute Gasteiger partial charge is 0.182 e. The molecule has 0 fully saturated rings. The van der Waals surface area contributed by atoms with Crippen molar-refractivity contribution in [3.63, 3.8) is 0 Å². The number of nitrogens with zero attached hydrogens (tertiary/aromatic N) is 1. The third kappa shape index (κ3) is 4.07. The molecule has 3 nitrogen and oxygen atoms in total. The van der Waals surface area contributed by atoms with Gasteiger partial charge in [-0.25, -0.2) is 4.98 Å². The lowest BCUT2D eigenvalue weighted by Gasteiger charge is -2.06. The van der Waals surface area contributed by atoms with Gasteiger partial charge in [0.1, 0.15) is 5.75 Å². The highest BCUT2D eigenvalue weighted by molar-refractivity contribution is 7.13.